The lowest BCUT2D eigenvalue weighted by Gasteiger charge is -2.30. The number of aromatic carboxylic acids is 1. The Morgan fingerprint density at radius 1 is 1.00 bits per heavy atom. The lowest BCUT2D eigenvalue weighted by atomic mass is 9.84. The maximum Gasteiger partial charge on any atom is 0.335 e. The second-order valence-corrected chi connectivity index (χ2v) is 7.94. The Morgan fingerprint density at radius 2 is 1.57 bits per heavy atom. The number of carboxylic acids is 1. The molecule has 0 fully saturated rings. The first-order valence-electron chi connectivity index (χ1n) is 9.89. The van der Waals surface area contributed by atoms with Crippen molar-refractivity contribution in [2.75, 3.05) is 23.3 Å². The van der Waals surface area contributed by atoms with Gasteiger partial charge in [-0.25, -0.2) is 4.79 Å². The molecule has 3 N–H and O–H groups in total. The number of nitrogens with one attached hydrogen (secondary N) is 1. The number of hydrogen-bond donors (Lipinski definition) is 3. The van der Waals surface area contributed by atoms with E-state index in [0.29, 0.717) is 11.3 Å². The molecule has 160 valence electrons. The van der Waals surface area contributed by atoms with Gasteiger partial charge < -0.3 is 20.5 Å². The molecule has 0 radical (unpaired) electrons. The van der Waals surface area contributed by atoms with Gasteiger partial charge in [-0.05, 0) is 61.2 Å². The van der Waals surface area contributed by atoms with E-state index in [-0.39, 0.29) is 16.7 Å². The summed E-state index contributed by atoms with van der Waals surface area (Å²) in [7, 11) is 0. The van der Waals surface area contributed by atoms with Gasteiger partial charge in [-0.15, -0.1) is 0 Å². The van der Waals surface area contributed by atoms with E-state index < -0.39 is 11.9 Å². The van der Waals surface area contributed by atoms with Crippen LogP contribution in [0.1, 0.15) is 56.1 Å². The summed E-state index contributed by atoms with van der Waals surface area (Å²) in [6.07, 6.45) is 0. The summed E-state index contributed by atoms with van der Waals surface area (Å²) < 4.78 is 0. The summed E-state index contributed by atoms with van der Waals surface area (Å²) in [6, 6.07) is 11.4. The van der Waals surface area contributed by atoms with Crippen molar-refractivity contribution < 1.29 is 19.9 Å². The van der Waals surface area contributed by atoms with Gasteiger partial charge in [-0.2, -0.15) is 0 Å². The number of oxime groups is 1. The van der Waals surface area contributed by atoms with Crippen LogP contribution in [0.4, 0.5) is 11.4 Å². The minimum absolute atomic E-state index is 0.117. The number of amides is 1. The van der Waals surface area contributed by atoms with Gasteiger partial charge in [-0.3, -0.25) is 4.79 Å². The average molecular weight is 412 g/mol. The van der Waals surface area contributed by atoms with Crippen LogP contribution in [-0.2, 0) is 10.2 Å². The summed E-state index contributed by atoms with van der Waals surface area (Å²) in [5, 5.41) is 24.4. The summed E-state index contributed by atoms with van der Waals surface area (Å²) in [5.74, 6) is -1.63. The molecular formula is C23H29N3O4. The molecule has 0 saturated heterocycles. The van der Waals surface area contributed by atoms with E-state index in [1.807, 2.05) is 12.1 Å². The van der Waals surface area contributed by atoms with Crippen molar-refractivity contribution in [1.29, 1.82) is 0 Å². The molecule has 0 aliphatic carbocycles. The zero-order valence-electron chi connectivity index (χ0n) is 18.1. The molecule has 0 saturated carbocycles. The number of hydrogen-bond acceptors (Lipinski definition) is 5. The van der Waals surface area contributed by atoms with Crippen LogP contribution in [0.15, 0.2) is 47.6 Å². The largest absolute Gasteiger partial charge is 0.478 e. The van der Waals surface area contributed by atoms with Gasteiger partial charge >= 0.3 is 5.97 Å². The fraction of sp³-hybridized carbons (Fsp3) is 0.348. The van der Waals surface area contributed by atoms with Gasteiger partial charge in [0.25, 0.3) is 5.91 Å². The topological polar surface area (TPSA) is 102 Å². The monoisotopic (exact) mass is 411 g/mol. The van der Waals surface area contributed by atoms with E-state index in [1.165, 1.54) is 24.3 Å². The number of carbonyl (C=O) groups is 2. The summed E-state index contributed by atoms with van der Waals surface area (Å²) in [5.41, 5.74) is 2.85. The minimum atomic E-state index is -1.05. The van der Waals surface area contributed by atoms with Gasteiger partial charge in [0.2, 0.25) is 0 Å². The summed E-state index contributed by atoms with van der Waals surface area (Å²) in [6.45, 7) is 12.2. The molecule has 0 aromatic heterocycles. The first-order valence-corrected chi connectivity index (χ1v) is 9.89. The predicted octanol–water partition coefficient (Wildman–Crippen LogP) is 4.35. The van der Waals surface area contributed by atoms with E-state index >= 15 is 0 Å². The molecule has 0 aliphatic rings. The van der Waals surface area contributed by atoms with E-state index in [9.17, 15) is 14.8 Å². The molecule has 2 aromatic carbocycles. The Morgan fingerprint density at radius 3 is 2.03 bits per heavy atom. The number of anilines is 2. The summed E-state index contributed by atoms with van der Waals surface area (Å²) >= 11 is 0. The molecule has 0 spiro atoms. The van der Waals surface area contributed by atoms with Crippen LogP contribution in [0.2, 0.25) is 0 Å². The number of carboxylic acid groups (broad SMARTS) is 1. The van der Waals surface area contributed by atoms with E-state index in [2.05, 4.69) is 50.0 Å². The quantitative estimate of drug-likeness (QED) is 0.357. The van der Waals surface area contributed by atoms with Crippen LogP contribution in [0.3, 0.4) is 0 Å². The molecule has 30 heavy (non-hydrogen) atoms. The average Bonchev–Trinajstić information content (AvgIpc) is 2.70. The molecule has 7 nitrogen and oxygen atoms in total. The normalized spacial score (nSPS) is 11.8. The molecule has 0 aliphatic heterocycles. The third-order valence-corrected chi connectivity index (χ3v) is 4.89. The standard InChI is InChI=1S/C23H29N3O4/c1-6-26(7-2)19-13-10-16(14-18(19)23(3,4)5)20(25-30)21(27)24-17-11-8-15(9-12-17)22(28)29/h8-14,30H,6-7H2,1-5H3,(H,24,27)(H,28,29)/b25-20+. The number of benzene rings is 2. The lowest BCUT2D eigenvalue weighted by Crippen LogP contribution is -2.28. The molecule has 1 amide bonds. The molecule has 2 rings (SSSR count). The molecule has 0 bridgehead atoms. The zero-order valence-corrected chi connectivity index (χ0v) is 18.1. The minimum Gasteiger partial charge on any atom is -0.478 e. The summed E-state index contributed by atoms with van der Waals surface area (Å²) in [4.78, 5) is 25.9. The van der Waals surface area contributed by atoms with Gasteiger partial charge in [-0.1, -0.05) is 32.0 Å². The number of carbonyl (C=O) groups excluding carboxylic acids is 1. The molecule has 7 heteroatoms. The van der Waals surface area contributed by atoms with Gasteiger partial charge in [0.05, 0.1) is 5.56 Å². The van der Waals surface area contributed by atoms with Crippen LogP contribution in [-0.4, -0.2) is 41.0 Å². The lowest BCUT2D eigenvalue weighted by molar-refractivity contribution is -0.110. The third-order valence-electron chi connectivity index (χ3n) is 4.89. The Bertz CT molecular complexity index is 940. The van der Waals surface area contributed by atoms with Crippen molar-refractivity contribution >= 4 is 29.0 Å². The fourth-order valence-electron chi connectivity index (χ4n) is 3.24. The fourth-order valence-corrected chi connectivity index (χ4v) is 3.24. The maximum absolute atomic E-state index is 12.7. The van der Waals surface area contributed by atoms with Gasteiger partial charge in [0, 0.05) is 30.0 Å². The highest BCUT2D eigenvalue weighted by Crippen LogP contribution is 2.33. The number of nitrogens with zero attached hydrogens (tertiary/aromatic N) is 2. The highest BCUT2D eigenvalue weighted by Gasteiger charge is 2.24. The first-order chi connectivity index (χ1) is 14.1. The molecule has 2 aromatic rings. The molecule has 0 heterocycles. The predicted molar refractivity (Wildman–Crippen MR) is 119 cm³/mol. The van der Waals surface area contributed by atoms with Gasteiger partial charge in [0.1, 0.15) is 0 Å². The van der Waals surface area contributed by atoms with Crippen molar-refractivity contribution in [3.8, 4) is 0 Å². The van der Waals surface area contributed by atoms with Crippen molar-refractivity contribution in [3.63, 3.8) is 0 Å². The molecule has 0 unspecified atom stereocenters. The number of rotatable bonds is 7. The van der Waals surface area contributed by atoms with Crippen molar-refractivity contribution in [2.24, 2.45) is 5.16 Å². The Balaban J connectivity index is 2.37. The Kier molecular flexibility index (Phi) is 7.21. The van der Waals surface area contributed by atoms with Crippen LogP contribution in [0, 0.1) is 0 Å². The van der Waals surface area contributed by atoms with Crippen LogP contribution in [0.5, 0.6) is 0 Å². The Hall–Kier alpha value is -3.35. The van der Waals surface area contributed by atoms with Gasteiger partial charge in [0.15, 0.2) is 5.71 Å². The Labute approximate surface area is 177 Å². The third kappa shape index (κ3) is 5.17. The van der Waals surface area contributed by atoms with Crippen LogP contribution in [0.25, 0.3) is 0 Å². The molecule has 0 atom stereocenters. The van der Waals surface area contributed by atoms with E-state index in [1.54, 1.807) is 6.07 Å². The molecular weight excluding hydrogens is 382 g/mol. The van der Waals surface area contributed by atoms with E-state index in [0.717, 1.165) is 24.3 Å². The second kappa shape index (κ2) is 9.43. The smallest absolute Gasteiger partial charge is 0.335 e. The maximum atomic E-state index is 12.7. The zero-order chi connectivity index (χ0) is 22.5. The highest BCUT2D eigenvalue weighted by atomic mass is 16.4. The highest BCUT2D eigenvalue weighted by molar-refractivity contribution is 6.48. The SMILES string of the molecule is CCN(CC)c1ccc(/C(=N\O)C(=O)Nc2ccc(C(=O)O)cc2)cc1C(C)(C)C. The van der Waals surface area contributed by atoms with Crippen molar-refractivity contribution in [3.05, 3.63) is 59.2 Å². The van der Waals surface area contributed by atoms with Crippen LogP contribution >= 0.6 is 0 Å². The van der Waals surface area contributed by atoms with E-state index in [4.69, 9.17) is 5.11 Å². The second-order valence-electron chi connectivity index (χ2n) is 7.94. The van der Waals surface area contributed by atoms with Crippen molar-refractivity contribution in [1.82, 2.24) is 0 Å². The van der Waals surface area contributed by atoms with Crippen LogP contribution < -0.4 is 10.2 Å². The van der Waals surface area contributed by atoms with Crippen molar-refractivity contribution in [2.45, 2.75) is 40.0 Å². The first kappa shape index (κ1) is 22.9.